The Morgan fingerprint density at radius 3 is 2.54 bits per heavy atom. The summed E-state index contributed by atoms with van der Waals surface area (Å²) in [6, 6.07) is 7.06. The molecule has 0 N–H and O–H groups in total. The zero-order chi connectivity index (χ0) is 16.9. The van der Waals surface area contributed by atoms with Gasteiger partial charge in [0.25, 0.3) is 0 Å². The summed E-state index contributed by atoms with van der Waals surface area (Å²) in [5.74, 6) is 0.690. The second-order valence-corrected chi connectivity index (χ2v) is 6.76. The first kappa shape index (κ1) is 17.0. The number of aromatic nitrogens is 3. The molecule has 1 atom stereocenters. The van der Waals surface area contributed by atoms with E-state index < -0.39 is 0 Å². The van der Waals surface area contributed by atoms with E-state index in [1.54, 1.807) is 6.20 Å². The van der Waals surface area contributed by atoms with Gasteiger partial charge in [-0.2, -0.15) is 0 Å². The molecule has 1 fully saturated rings. The fourth-order valence-corrected chi connectivity index (χ4v) is 3.44. The van der Waals surface area contributed by atoms with Crippen molar-refractivity contribution in [1.29, 1.82) is 0 Å². The van der Waals surface area contributed by atoms with Crippen molar-refractivity contribution in [2.75, 3.05) is 19.6 Å². The van der Waals surface area contributed by atoms with Gasteiger partial charge in [-0.15, -0.1) is 0 Å². The summed E-state index contributed by atoms with van der Waals surface area (Å²) < 4.78 is 0. The Kier molecular flexibility index (Phi) is 5.53. The standard InChI is InChI=1S/C19H27N5/c1-4-17-14-23(9-10-24(17)15(2)3)13-16-11-21-19(22-12-16)18-7-5-6-8-20-18/h5-8,11-12,15,17H,4,9-10,13-14H2,1-3H3/t17-/m1/s1. The molecule has 3 rings (SSSR count). The molecule has 5 heteroatoms. The van der Waals surface area contributed by atoms with E-state index in [4.69, 9.17) is 0 Å². The molecule has 0 radical (unpaired) electrons. The molecule has 24 heavy (non-hydrogen) atoms. The molecule has 1 aliphatic heterocycles. The summed E-state index contributed by atoms with van der Waals surface area (Å²) >= 11 is 0. The van der Waals surface area contributed by atoms with Crippen LogP contribution in [-0.2, 0) is 6.54 Å². The third-order valence-electron chi connectivity index (χ3n) is 4.75. The molecule has 0 aromatic carbocycles. The molecule has 0 bridgehead atoms. The van der Waals surface area contributed by atoms with Crippen LogP contribution in [0.4, 0.5) is 0 Å². The van der Waals surface area contributed by atoms with Gasteiger partial charge >= 0.3 is 0 Å². The van der Waals surface area contributed by atoms with E-state index in [0.29, 0.717) is 17.9 Å². The summed E-state index contributed by atoms with van der Waals surface area (Å²) in [6.07, 6.45) is 6.84. The zero-order valence-corrected chi connectivity index (χ0v) is 14.9. The first-order chi connectivity index (χ1) is 11.7. The van der Waals surface area contributed by atoms with Crippen molar-refractivity contribution < 1.29 is 0 Å². The molecule has 0 saturated carbocycles. The quantitative estimate of drug-likeness (QED) is 0.846. The van der Waals surface area contributed by atoms with Crippen LogP contribution >= 0.6 is 0 Å². The fraction of sp³-hybridized carbons (Fsp3) is 0.526. The van der Waals surface area contributed by atoms with Gasteiger partial charge in [-0.05, 0) is 32.4 Å². The lowest BCUT2D eigenvalue weighted by atomic mass is 10.1. The summed E-state index contributed by atoms with van der Waals surface area (Å²) in [5, 5.41) is 0. The molecule has 0 aliphatic carbocycles. The Labute approximate surface area is 144 Å². The molecule has 5 nitrogen and oxygen atoms in total. The second-order valence-electron chi connectivity index (χ2n) is 6.76. The minimum absolute atomic E-state index is 0.623. The van der Waals surface area contributed by atoms with Crippen LogP contribution in [0.25, 0.3) is 11.5 Å². The first-order valence-electron chi connectivity index (χ1n) is 8.87. The highest BCUT2D eigenvalue weighted by atomic mass is 15.3. The van der Waals surface area contributed by atoms with E-state index in [0.717, 1.165) is 31.9 Å². The summed E-state index contributed by atoms with van der Waals surface area (Å²) in [6.45, 7) is 11.2. The van der Waals surface area contributed by atoms with Crippen molar-refractivity contribution in [2.45, 2.75) is 45.8 Å². The average molecular weight is 325 g/mol. The van der Waals surface area contributed by atoms with Crippen molar-refractivity contribution >= 4 is 0 Å². The second kappa shape index (κ2) is 7.81. The number of rotatable bonds is 5. The van der Waals surface area contributed by atoms with Gasteiger partial charge in [0, 0.05) is 62.4 Å². The SMILES string of the molecule is CC[C@@H]1CN(Cc2cnc(-c3ccccn3)nc2)CCN1C(C)C. The maximum atomic E-state index is 4.49. The lowest BCUT2D eigenvalue weighted by molar-refractivity contribution is 0.0456. The van der Waals surface area contributed by atoms with E-state index in [1.165, 1.54) is 12.0 Å². The molecule has 1 aliphatic rings. The molecule has 2 aromatic heterocycles. The van der Waals surface area contributed by atoms with Gasteiger partial charge < -0.3 is 0 Å². The maximum Gasteiger partial charge on any atom is 0.178 e. The van der Waals surface area contributed by atoms with E-state index in [2.05, 4.69) is 45.5 Å². The topological polar surface area (TPSA) is 45.2 Å². The minimum atomic E-state index is 0.623. The van der Waals surface area contributed by atoms with Crippen molar-refractivity contribution in [2.24, 2.45) is 0 Å². The number of hydrogen-bond donors (Lipinski definition) is 0. The molecule has 0 amide bonds. The smallest absolute Gasteiger partial charge is 0.178 e. The van der Waals surface area contributed by atoms with E-state index >= 15 is 0 Å². The molecule has 0 unspecified atom stereocenters. The van der Waals surface area contributed by atoms with Crippen LogP contribution in [0.15, 0.2) is 36.8 Å². The van der Waals surface area contributed by atoms with E-state index in [1.807, 2.05) is 30.6 Å². The zero-order valence-electron chi connectivity index (χ0n) is 14.9. The molecule has 0 spiro atoms. The first-order valence-corrected chi connectivity index (χ1v) is 8.87. The van der Waals surface area contributed by atoms with Gasteiger partial charge in [-0.25, -0.2) is 9.97 Å². The van der Waals surface area contributed by atoms with Crippen molar-refractivity contribution in [3.05, 3.63) is 42.4 Å². The normalized spacial score (nSPS) is 19.8. The molecular weight excluding hydrogens is 298 g/mol. The molecule has 2 aromatic rings. The van der Waals surface area contributed by atoms with Crippen LogP contribution in [0, 0.1) is 0 Å². The highest BCUT2D eigenvalue weighted by Crippen LogP contribution is 2.18. The monoisotopic (exact) mass is 325 g/mol. The Balaban J connectivity index is 1.62. The van der Waals surface area contributed by atoms with Crippen LogP contribution in [0.1, 0.15) is 32.8 Å². The fourth-order valence-electron chi connectivity index (χ4n) is 3.44. The van der Waals surface area contributed by atoms with Crippen LogP contribution < -0.4 is 0 Å². The predicted molar refractivity (Wildman–Crippen MR) is 96.5 cm³/mol. The Hall–Kier alpha value is -1.85. The lowest BCUT2D eigenvalue weighted by Crippen LogP contribution is -2.54. The van der Waals surface area contributed by atoms with E-state index in [9.17, 15) is 0 Å². The van der Waals surface area contributed by atoms with E-state index in [-0.39, 0.29) is 0 Å². The Morgan fingerprint density at radius 1 is 1.12 bits per heavy atom. The highest BCUT2D eigenvalue weighted by molar-refractivity contribution is 5.47. The summed E-state index contributed by atoms with van der Waals surface area (Å²) in [4.78, 5) is 18.4. The van der Waals surface area contributed by atoms with Crippen molar-refractivity contribution in [3.63, 3.8) is 0 Å². The molecule has 128 valence electrons. The predicted octanol–water partition coefficient (Wildman–Crippen LogP) is 2.84. The van der Waals surface area contributed by atoms with Crippen molar-refractivity contribution in [1.82, 2.24) is 24.8 Å². The van der Waals surface area contributed by atoms with Gasteiger partial charge in [0.15, 0.2) is 5.82 Å². The van der Waals surface area contributed by atoms with Gasteiger partial charge in [0.2, 0.25) is 0 Å². The molecule has 1 saturated heterocycles. The highest BCUT2D eigenvalue weighted by Gasteiger charge is 2.27. The van der Waals surface area contributed by atoms with Gasteiger partial charge in [-0.3, -0.25) is 14.8 Å². The number of hydrogen-bond acceptors (Lipinski definition) is 5. The average Bonchev–Trinajstić information content (AvgIpc) is 2.63. The molecule has 3 heterocycles. The largest absolute Gasteiger partial charge is 0.296 e. The minimum Gasteiger partial charge on any atom is -0.296 e. The number of pyridine rings is 1. The number of nitrogens with zero attached hydrogens (tertiary/aromatic N) is 5. The third-order valence-corrected chi connectivity index (χ3v) is 4.75. The van der Waals surface area contributed by atoms with Crippen LogP contribution in [0.2, 0.25) is 0 Å². The van der Waals surface area contributed by atoms with Crippen LogP contribution in [0.5, 0.6) is 0 Å². The molecular formula is C19H27N5. The van der Waals surface area contributed by atoms with Gasteiger partial charge in [0.1, 0.15) is 5.69 Å². The Bertz CT molecular complexity index is 626. The van der Waals surface area contributed by atoms with Gasteiger partial charge in [0.05, 0.1) is 0 Å². The van der Waals surface area contributed by atoms with Crippen LogP contribution in [-0.4, -0.2) is 56.5 Å². The number of piperazine rings is 1. The summed E-state index contributed by atoms with van der Waals surface area (Å²) in [5.41, 5.74) is 1.99. The van der Waals surface area contributed by atoms with Gasteiger partial charge in [-0.1, -0.05) is 13.0 Å². The lowest BCUT2D eigenvalue weighted by Gasteiger charge is -2.43. The third kappa shape index (κ3) is 3.97. The van der Waals surface area contributed by atoms with Crippen molar-refractivity contribution in [3.8, 4) is 11.5 Å². The maximum absolute atomic E-state index is 4.49. The Morgan fingerprint density at radius 2 is 1.92 bits per heavy atom. The van der Waals surface area contributed by atoms with Crippen LogP contribution in [0.3, 0.4) is 0 Å². The summed E-state index contributed by atoms with van der Waals surface area (Å²) in [7, 11) is 0.